The average molecular weight is 355 g/mol. The molecule has 2 aromatic rings. The van der Waals surface area contributed by atoms with E-state index < -0.39 is 36.0 Å². The second-order valence-corrected chi connectivity index (χ2v) is 6.04. The minimum atomic E-state index is -5.05. The van der Waals surface area contributed by atoms with Gasteiger partial charge in [-0.3, -0.25) is 4.79 Å². The van der Waals surface area contributed by atoms with Crippen LogP contribution in [-0.4, -0.2) is 26.7 Å². The Balaban J connectivity index is 2.21. The number of aliphatic hydroxyl groups is 1. The van der Waals surface area contributed by atoms with Crippen LogP contribution in [0.5, 0.6) is 0 Å². The second kappa shape index (κ2) is 6.87. The monoisotopic (exact) mass is 355 g/mol. The van der Waals surface area contributed by atoms with Gasteiger partial charge in [-0.2, -0.15) is 13.2 Å². The van der Waals surface area contributed by atoms with Crippen molar-refractivity contribution in [2.75, 3.05) is 0 Å². The van der Waals surface area contributed by atoms with Gasteiger partial charge in [-0.25, -0.2) is 4.98 Å². The number of nitrogens with one attached hydrogen (secondary N) is 1. The van der Waals surface area contributed by atoms with Gasteiger partial charge in [-0.05, 0) is 25.0 Å². The first-order chi connectivity index (χ1) is 11.6. The quantitative estimate of drug-likeness (QED) is 0.867. The summed E-state index contributed by atoms with van der Waals surface area (Å²) in [4.78, 5) is 15.8. The van der Waals surface area contributed by atoms with Gasteiger partial charge in [0.05, 0.1) is 12.5 Å². The van der Waals surface area contributed by atoms with E-state index in [0.29, 0.717) is 0 Å². The van der Waals surface area contributed by atoms with Crippen molar-refractivity contribution < 1.29 is 23.1 Å². The van der Waals surface area contributed by atoms with E-state index in [1.165, 1.54) is 13.2 Å². The molecule has 2 rings (SSSR count). The number of amides is 1. The number of alkyl halides is 3. The fourth-order valence-corrected chi connectivity index (χ4v) is 2.75. The van der Waals surface area contributed by atoms with Crippen molar-refractivity contribution in [1.29, 1.82) is 0 Å². The maximum atomic E-state index is 13.4. The summed E-state index contributed by atoms with van der Waals surface area (Å²) in [6.45, 7) is 3.52. The molecule has 1 amide bonds. The maximum absolute atomic E-state index is 13.4. The molecule has 0 aliphatic rings. The molecule has 2 unspecified atom stereocenters. The van der Waals surface area contributed by atoms with Crippen molar-refractivity contribution in [2.45, 2.75) is 38.1 Å². The number of benzene rings is 1. The van der Waals surface area contributed by atoms with Gasteiger partial charge >= 0.3 is 6.18 Å². The average Bonchev–Trinajstić information content (AvgIpc) is 2.92. The standard InChI is InChI=1S/C17H20F3N3O2/c1-11-6-4-5-7-13(11)12(2)22-14(24)10-16(25,17(18,19)20)15-21-8-9-23(15)3/h4-9,12,25H,10H2,1-3H3,(H,22,24). The zero-order valence-corrected chi connectivity index (χ0v) is 14.1. The molecule has 1 aromatic carbocycles. The summed E-state index contributed by atoms with van der Waals surface area (Å²) in [5.74, 6) is -1.54. The molecule has 25 heavy (non-hydrogen) atoms. The highest BCUT2D eigenvalue weighted by Gasteiger charge is 2.58. The Kier molecular flexibility index (Phi) is 5.22. The lowest BCUT2D eigenvalue weighted by atomic mass is 9.96. The van der Waals surface area contributed by atoms with E-state index in [1.54, 1.807) is 19.1 Å². The van der Waals surface area contributed by atoms with Crippen LogP contribution in [0.3, 0.4) is 0 Å². The molecule has 0 bridgehead atoms. The van der Waals surface area contributed by atoms with E-state index in [2.05, 4.69) is 10.3 Å². The van der Waals surface area contributed by atoms with Crippen LogP contribution in [0.1, 0.15) is 36.3 Å². The fourth-order valence-electron chi connectivity index (χ4n) is 2.75. The van der Waals surface area contributed by atoms with Crippen molar-refractivity contribution in [1.82, 2.24) is 14.9 Å². The molecule has 1 heterocycles. The zero-order chi connectivity index (χ0) is 18.8. The minimum Gasteiger partial charge on any atom is -0.374 e. The molecule has 0 aliphatic carbocycles. The van der Waals surface area contributed by atoms with Gasteiger partial charge in [-0.1, -0.05) is 24.3 Å². The predicted molar refractivity (Wildman–Crippen MR) is 85.5 cm³/mol. The molecule has 2 N–H and O–H groups in total. The topological polar surface area (TPSA) is 67.2 Å². The molecule has 1 aromatic heterocycles. The summed E-state index contributed by atoms with van der Waals surface area (Å²) in [5.41, 5.74) is -1.66. The molecule has 8 heteroatoms. The highest BCUT2D eigenvalue weighted by Crippen LogP contribution is 2.40. The third-order valence-corrected chi connectivity index (χ3v) is 4.11. The van der Waals surface area contributed by atoms with Crippen LogP contribution in [0, 0.1) is 6.92 Å². The number of hydrogen-bond donors (Lipinski definition) is 2. The molecule has 136 valence electrons. The molecule has 0 saturated heterocycles. The van der Waals surface area contributed by atoms with Gasteiger partial charge in [0, 0.05) is 19.4 Å². The first kappa shape index (κ1) is 19.0. The number of carbonyl (C=O) groups is 1. The first-order valence-electron chi connectivity index (χ1n) is 7.68. The maximum Gasteiger partial charge on any atom is 0.425 e. The highest BCUT2D eigenvalue weighted by atomic mass is 19.4. The lowest BCUT2D eigenvalue weighted by molar-refractivity contribution is -0.271. The van der Waals surface area contributed by atoms with Crippen LogP contribution >= 0.6 is 0 Å². The Morgan fingerprint density at radius 1 is 1.36 bits per heavy atom. The Morgan fingerprint density at radius 3 is 2.52 bits per heavy atom. The third-order valence-electron chi connectivity index (χ3n) is 4.11. The lowest BCUT2D eigenvalue weighted by Gasteiger charge is -2.30. The molecule has 5 nitrogen and oxygen atoms in total. The Labute approximate surface area is 143 Å². The van der Waals surface area contributed by atoms with E-state index in [4.69, 9.17) is 0 Å². The smallest absolute Gasteiger partial charge is 0.374 e. The van der Waals surface area contributed by atoms with Gasteiger partial charge < -0.3 is 15.0 Å². The highest BCUT2D eigenvalue weighted by molar-refractivity contribution is 5.77. The van der Waals surface area contributed by atoms with Crippen molar-refractivity contribution >= 4 is 5.91 Å². The van der Waals surface area contributed by atoms with E-state index in [-0.39, 0.29) is 0 Å². The fraction of sp³-hybridized carbons (Fsp3) is 0.412. The molecule has 0 saturated carbocycles. The summed E-state index contributed by atoms with van der Waals surface area (Å²) in [7, 11) is 1.33. The van der Waals surface area contributed by atoms with Crippen LogP contribution in [0.4, 0.5) is 13.2 Å². The number of aromatic nitrogens is 2. The van der Waals surface area contributed by atoms with Gasteiger partial charge in [0.15, 0.2) is 5.82 Å². The Bertz CT molecular complexity index is 758. The first-order valence-corrected chi connectivity index (χ1v) is 7.68. The van der Waals surface area contributed by atoms with Crippen LogP contribution in [0.25, 0.3) is 0 Å². The summed E-state index contributed by atoms with van der Waals surface area (Å²) < 4.78 is 41.4. The third kappa shape index (κ3) is 3.84. The second-order valence-electron chi connectivity index (χ2n) is 6.04. The number of carbonyl (C=O) groups excluding carboxylic acids is 1. The summed E-state index contributed by atoms with van der Waals surface area (Å²) in [6.07, 6.45) is -3.80. The largest absolute Gasteiger partial charge is 0.425 e. The van der Waals surface area contributed by atoms with Crippen LogP contribution in [0.15, 0.2) is 36.7 Å². The van der Waals surface area contributed by atoms with Crippen LogP contribution in [-0.2, 0) is 17.4 Å². The van der Waals surface area contributed by atoms with Crippen molar-refractivity contribution in [3.05, 3.63) is 53.6 Å². The minimum absolute atomic E-state index is 0.493. The van der Waals surface area contributed by atoms with Crippen molar-refractivity contribution in [3.8, 4) is 0 Å². The zero-order valence-electron chi connectivity index (χ0n) is 14.1. The van der Waals surface area contributed by atoms with E-state index in [1.807, 2.05) is 19.1 Å². The predicted octanol–water partition coefficient (Wildman–Crippen LogP) is 2.75. The molecule has 0 aliphatic heterocycles. The van der Waals surface area contributed by atoms with E-state index >= 15 is 0 Å². The van der Waals surface area contributed by atoms with Crippen molar-refractivity contribution in [3.63, 3.8) is 0 Å². The molecular weight excluding hydrogens is 335 g/mol. The number of hydrogen-bond acceptors (Lipinski definition) is 3. The molecular formula is C17H20F3N3O2. The summed E-state index contributed by atoms with van der Waals surface area (Å²) in [6, 6.07) is 6.75. The summed E-state index contributed by atoms with van der Waals surface area (Å²) >= 11 is 0. The normalized spacial score (nSPS) is 15.5. The van der Waals surface area contributed by atoms with Gasteiger partial charge in [-0.15, -0.1) is 0 Å². The number of aryl methyl sites for hydroxylation is 2. The molecule has 0 fully saturated rings. The lowest BCUT2D eigenvalue weighted by Crippen LogP contribution is -2.48. The van der Waals surface area contributed by atoms with Crippen LogP contribution in [0.2, 0.25) is 0 Å². The summed E-state index contributed by atoms with van der Waals surface area (Å²) in [5, 5.41) is 12.7. The van der Waals surface area contributed by atoms with Crippen LogP contribution < -0.4 is 5.32 Å². The number of imidazole rings is 1. The van der Waals surface area contributed by atoms with Gasteiger partial charge in [0.25, 0.3) is 0 Å². The molecule has 0 radical (unpaired) electrons. The number of nitrogens with zero attached hydrogens (tertiary/aromatic N) is 2. The number of halogens is 3. The molecule has 2 atom stereocenters. The van der Waals surface area contributed by atoms with E-state index in [0.717, 1.165) is 21.9 Å². The van der Waals surface area contributed by atoms with Crippen molar-refractivity contribution in [2.24, 2.45) is 7.05 Å². The van der Waals surface area contributed by atoms with Gasteiger partial charge in [0.2, 0.25) is 11.5 Å². The SMILES string of the molecule is Cc1ccccc1C(C)NC(=O)CC(O)(c1nccn1C)C(F)(F)F. The number of rotatable bonds is 5. The molecule has 0 spiro atoms. The Hall–Kier alpha value is -2.35. The Morgan fingerprint density at radius 2 is 2.00 bits per heavy atom. The van der Waals surface area contributed by atoms with E-state index in [9.17, 15) is 23.1 Å². The van der Waals surface area contributed by atoms with Gasteiger partial charge in [0.1, 0.15) is 0 Å².